The summed E-state index contributed by atoms with van der Waals surface area (Å²) in [4.78, 5) is 0. The number of nitrogens with one attached hydrogen (secondary N) is 1. The van der Waals surface area contributed by atoms with Gasteiger partial charge >= 0.3 is 0 Å². The zero-order valence-corrected chi connectivity index (χ0v) is 14.0. The summed E-state index contributed by atoms with van der Waals surface area (Å²) < 4.78 is 1.73. The molecule has 1 N–H and O–H groups in total. The van der Waals surface area contributed by atoms with Crippen molar-refractivity contribution in [1.82, 2.24) is 15.1 Å². The van der Waals surface area contributed by atoms with E-state index >= 15 is 0 Å². The van der Waals surface area contributed by atoms with Crippen LogP contribution in [0.15, 0.2) is 30.3 Å². The molecule has 0 aliphatic carbocycles. The highest BCUT2D eigenvalue weighted by Crippen LogP contribution is 2.20. The lowest BCUT2D eigenvalue weighted by atomic mass is 9.95. The average molecular weight is 306 g/mol. The lowest BCUT2D eigenvalue weighted by molar-refractivity contribution is 0.360. The standard InChI is InChI=1S/C17H24ClN3/c1-13-15(16(18)21(4)20-13)12-19-17(2,3)11-10-14-8-6-5-7-9-14/h5-9,19H,10-12H2,1-4H3. The van der Waals surface area contributed by atoms with Crippen molar-refractivity contribution in [3.8, 4) is 0 Å². The van der Waals surface area contributed by atoms with Crippen LogP contribution < -0.4 is 5.32 Å². The first-order valence-electron chi connectivity index (χ1n) is 7.36. The van der Waals surface area contributed by atoms with Crippen LogP contribution in [0, 0.1) is 6.92 Å². The first-order valence-corrected chi connectivity index (χ1v) is 7.74. The fraction of sp³-hybridized carbons (Fsp3) is 0.471. The maximum absolute atomic E-state index is 6.28. The monoisotopic (exact) mass is 305 g/mol. The molecule has 0 radical (unpaired) electrons. The highest BCUT2D eigenvalue weighted by Gasteiger charge is 2.19. The van der Waals surface area contributed by atoms with E-state index in [2.05, 4.69) is 54.6 Å². The zero-order chi connectivity index (χ0) is 15.5. The smallest absolute Gasteiger partial charge is 0.131 e. The van der Waals surface area contributed by atoms with Crippen molar-refractivity contribution < 1.29 is 0 Å². The first kappa shape index (κ1) is 16.1. The van der Waals surface area contributed by atoms with Gasteiger partial charge in [-0.15, -0.1) is 0 Å². The Morgan fingerprint density at radius 3 is 2.48 bits per heavy atom. The molecule has 1 aromatic heterocycles. The van der Waals surface area contributed by atoms with Crippen LogP contribution in [0.2, 0.25) is 5.15 Å². The fourth-order valence-corrected chi connectivity index (χ4v) is 2.63. The second-order valence-electron chi connectivity index (χ2n) is 6.20. The van der Waals surface area contributed by atoms with Gasteiger partial charge in [0.25, 0.3) is 0 Å². The minimum Gasteiger partial charge on any atom is -0.308 e. The van der Waals surface area contributed by atoms with E-state index in [0.717, 1.165) is 35.8 Å². The van der Waals surface area contributed by atoms with Gasteiger partial charge in [0.15, 0.2) is 0 Å². The largest absolute Gasteiger partial charge is 0.308 e. The van der Waals surface area contributed by atoms with Gasteiger partial charge in [-0.2, -0.15) is 5.10 Å². The molecule has 0 bridgehead atoms. The van der Waals surface area contributed by atoms with Crippen LogP contribution in [0.3, 0.4) is 0 Å². The van der Waals surface area contributed by atoms with Crippen molar-refractivity contribution in [1.29, 1.82) is 0 Å². The Morgan fingerprint density at radius 1 is 1.24 bits per heavy atom. The highest BCUT2D eigenvalue weighted by molar-refractivity contribution is 6.30. The molecule has 1 heterocycles. The van der Waals surface area contributed by atoms with Crippen LogP contribution in [-0.2, 0) is 20.0 Å². The molecule has 2 rings (SSSR count). The lowest BCUT2D eigenvalue weighted by Gasteiger charge is -2.26. The van der Waals surface area contributed by atoms with E-state index in [9.17, 15) is 0 Å². The highest BCUT2D eigenvalue weighted by atomic mass is 35.5. The molecule has 0 unspecified atom stereocenters. The summed E-state index contributed by atoms with van der Waals surface area (Å²) in [6.45, 7) is 7.21. The molecule has 114 valence electrons. The molecule has 0 spiro atoms. The Kier molecular flexibility index (Phi) is 5.07. The number of aryl methyl sites for hydroxylation is 3. The Hall–Kier alpha value is -1.32. The number of hydrogen-bond acceptors (Lipinski definition) is 2. The zero-order valence-electron chi connectivity index (χ0n) is 13.3. The van der Waals surface area contributed by atoms with E-state index in [1.807, 2.05) is 14.0 Å². The summed E-state index contributed by atoms with van der Waals surface area (Å²) in [6, 6.07) is 10.6. The van der Waals surface area contributed by atoms with Crippen LogP contribution in [0.1, 0.15) is 37.1 Å². The van der Waals surface area contributed by atoms with Crippen LogP contribution in [0.4, 0.5) is 0 Å². The van der Waals surface area contributed by atoms with Crippen LogP contribution in [-0.4, -0.2) is 15.3 Å². The van der Waals surface area contributed by atoms with Gasteiger partial charge in [-0.05, 0) is 39.2 Å². The van der Waals surface area contributed by atoms with Crippen molar-refractivity contribution in [2.24, 2.45) is 7.05 Å². The van der Waals surface area contributed by atoms with E-state index in [1.54, 1.807) is 4.68 Å². The third kappa shape index (κ3) is 4.32. The van der Waals surface area contributed by atoms with Crippen LogP contribution >= 0.6 is 11.6 Å². The topological polar surface area (TPSA) is 29.9 Å². The number of benzene rings is 1. The fourth-order valence-electron chi connectivity index (χ4n) is 2.39. The third-order valence-electron chi connectivity index (χ3n) is 3.90. The van der Waals surface area contributed by atoms with Gasteiger partial charge < -0.3 is 5.32 Å². The molecular formula is C17H24ClN3. The molecule has 21 heavy (non-hydrogen) atoms. The van der Waals surface area contributed by atoms with Crippen molar-refractivity contribution >= 4 is 11.6 Å². The van der Waals surface area contributed by atoms with Gasteiger partial charge in [-0.25, -0.2) is 0 Å². The normalized spacial score (nSPS) is 11.9. The number of halogens is 1. The molecule has 2 aromatic rings. The summed E-state index contributed by atoms with van der Waals surface area (Å²) in [5, 5.41) is 8.67. The Balaban J connectivity index is 1.92. The minimum absolute atomic E-state index is 0.0570. The van der Waals surface area contributed by atoms with E-state index in [0.29, 0.717) is 0 Å². The number of hydrogen-bond donors (Lipinski definition) is 1. The second kappa shape index (κ2) is 6.63. The maximum atomic E-state index is 6.28. The summed E-state index contributed by atoms with van der Waals surface area (Å²) in [7, 11) is 1.87. The van der Waals surface area contributed by atoms with Gasteiger partial charge in [0.2, 0.25) is 0 Å². The average Bonchev–Trinajstić information content (AvgIpc) is 2.69. The molecule has 0 fully saturated rings. The van der Waals surface area contributed by atoms with Crippen molar-refractivity contribution in [3.05, 3.63) is 52.3 Å². The third-order valence-corrected chi connectivity index (χ3v) is 4.37. The van der Waals surface area contributed by atoms with Crippen molar-refractivity contribution in [2.45, 2.75) is 45.7 Å². The van der Waals surface area contributed by atoms with Gasteiger partial charge in [-0.3, -0.25) is 4.68 Å². The van der Waals surface area contributed by atoms with E-state index in [4.69, 9.17) is 11.6 Å². The summed E-state index contributed by atoms with van der Waals surface area (Å²) >= 11 is 6.28. The lowest BCUT2D eigenvalue weighted by Crippen LogP contribution is -2.39. The van der Waals surface area contributed by atoms with Crippen LogP contribution in [0.5, 0.6) is 0 Å². The number of nitrogens with zero attached hydrogens (tertiary/aromatic N) is 2. The molecular weight excluding hydrogens is 282 g/mol. The molecule has 3 nitrogen and oxygen atoms in total. The minimum atomic E-state index is 0.0570. The van der Waals surface area contributed by atoms with Crippen molar-refractivity contribution in [3.63, 3.8) is 0 Å². The van der Waals surface area contributed by atoms with E-state index in [-0.39, 0.29) is 5.54 Å². The predicted molar refractivity (Wildman–Crippen MR) is 88.6 cm³/mol. The Bertz CT molecular complexity index is 588. The molecule has 1 aromatic carbocycles. The first-order chi connectivity index (χ1) is 9.89. The molecule has 0 saturated heterocycles. The SMILES string of the molecule is Cc1nn(C)c(Cl)c1CNC(C)(C)CCc1ccccc1. The number of aromatic nitrogens is 2. The quantitative estimate of drug-likeness (QED) is 0.877. The second-order valence-corrected chi connectivity index (χ2v) is 6.56. The van der Waals surface area contributed by atoms with Gasteiger partial charge in [-0.1, -0.05) is 41.9 Å². The molecule has 0 amide bonds. The summed E-state index contributed by atoms with van der Waals surface area (Å²) in [5.41, 5.74) is 3.52. The molecule has 0 aliphatic heterocycles. The molecule has 0 aliphatic rings. The van der Waals surface area contributed by atoms with Gasteiger partial charge in [0.05, 0.1) is 5.69 Å². The van der Waals surface area contributed by atoms with Gasteiger partial charge in [0, 0.05) is 24.7 Å². The van der Waals surface area contributed by atoms with Gasteiger partial charge in [0.1, 0.15) is 5.15 Å². The maximum Gasteiger partial charge on any atom is 0.131 e. The Labute approximate surface area is 132 Å². The Morgan fingerprint density at radius 2 is 1.90 bits per heavy atom. The van der Waals surface area contributed by atoms with Crippen LogP contribution in [0.25, 0.3) is 0 Å². The molecule has 0 atom stereocenters. The van der Waals surface area contributed by atoms with E-state index in [1.165, 1.54) is 5.56 Å². The summed E-state index contributed by atoms with van der Waals surface area (Å²) in [6.07, 6.45) is 2.15. The summed E-state index contributed by atoms with van der Waals surface area (Å²) in [5.74, 6) is 0. The van der Waals surface area contributed by atoms with Crippen molar-refractivity contribution in [2.75, 3.05) is 0 Å². The van der Waals surface area contributed by atoms with E-state index < -0.39 is 0 Å². The molecule has 0 saturated carbocycles. The number of rotatable bonds is 6. The molecule has 4 heteroatoms. The predicted octanol–water partition coefficient (Wildman–Crippen LogP) is 3.88.